The molecule has 0 spiro atoms. The summed E-state index contributed by atoms with van der Waals surface area (Å²) in [5.41, 5.74) is -0.564. The van der Waals surface area contributed by atoms with Crippen molar-refractivity contribution in [2.45, 2.75) is 32.7 Å². The summed E-state index contributed by atoms with van der Waals surface area (Å²) in [5.74, 6) is -1.39. The Morgan fingerprint density at radius 2 is 2.00 bits per heavy atom. The summed E-state index contributed by atoms with van der Waals surface area (Å²) >= 11 is 0.790. The number of carbonyl (C=O) groups excluding carboxylic acids is 1. The predicted molar refractivity (Wildman–Crippen MR) is 74.0 cm³/mol. The molecule has 1 heterocycles. The van der Waals surface area contributed by atoms with Gasteiger partial charge in [-0.2, -0.15) is 0 Å². The van der Waals surface area contributed by atoms with E-state index in [1.165, 1.54) is 17.0 Å². The fourth-order valence-electron chi connectivity index (χ4n) is 1.62. The lowest BCUT2D eigenvalue weighted by Gasteiger charge is -2.35. The summed E-state index contributed by atoms with van der Waals surface area (Å²) in [6.45, 7) is 5.42. The summed E-state index contributed by atoms with van der Waals surface area (Å²) in [4.78, 5) is 34.7. The second-order valence-electron chi connectivity index (χ2n) is 5.17. The predicted octanol–water partition coefficient (Wildman–Crippen LogP) is 2.37. The molecule has 1 amide bonds. The number of thiophene rings is 1. The molecule has 0 aromatic carbocycles. The highest BCUT2D eigenvalue weighted by Gasteiger charge is 2.29. The van der Waals surface area contributed by atoms with Crippen LogP contribution >= 0.6 is 11.3 Å². The minimum atomic E-state index is -0.996. The average molecular weight is 300 g/mol. The fraction of sp³-hybridized carbons (Fsp3) is 0.500. The van der Waals surface area contributed by atoms with Gasteiger partial charge in [0.25, 0.3) is 5.91 Å². The van der Waals surface area contributed by atoms with E-state index in [-0.39, 0.29) is 22.8 Å². The maximum atomic E-state index is 12.4. The van der Waals surface area contributed by atoms with E-state index in [1.54, 1.807) is 20.8 Å². The van der Waals surface area contributed by atoms with E-state index in [0.717, 1.165) is 11.3 Å². The van der Waals surface area contributed by atoms with Crippen molar-refractivity contribution >= 4 is 28.2 Å². The monoisotopic (exact) mass is 300 g/mol. The molecule has 0 atom stereocenters. The topological polar surface area (TPSA) is 101 Å². The number of rotatable bonds is 5. The second kappa shape index (κ2) is 6.00. The van der Waals surface area contributed by atoms with E-state index < -0.39 is 22.3 Å². The molecule has 8 heteroatoms. The van der Waals surface area contributed by atoms with Gasteiger partial charge in [0.1, 0.15) is 0 Å². The summed E-state index contributed by atoms with van der Waals surface area (Å²) < 4.78 is 0. The van der Waals surface area contributed by atoms with Crippen LogP contribution in [0.1, 0.15) is 36.9 Å². The Bertz CT molecular complexity index is 532. The number of carboxylic acids is 1. The van der Waals surface area contributed by atoms with Crippen LogP contribution in [-0.4, -0.2) is 38.9 Å². The van der Waals surface area contributed by atoms with Crippen LogP contribution < -0.4 is 0 Å². The Labute approximate surface area is 120 Å². The van der Waals surface area contributed by atoms with Crippen LogP contribution in [0.4, 0.5) is 5.00 Å². The molecule has 20 heavy (non-hydrogen) atoms. The molecule has 0 fully saturated rings. The van der Waals surface area contributed by atoms with Gasteiger partial charge in [-0.15, -0.1) is 0 Å². The molecule has 0 aliphatic rings. The van der Waals surface area contributed by atoms with Gasteiger partial charge in [-0.25, -0.2) is 0 Å². The number of carbonyl (C=O) groups is 2. The smallest absolute Gasteiger partial charge is 0.324 e. The summed E-state index contributed by atoms with van der Waals surface area (Å²) in [5, 5.41) is 19.3. The molecule has 0 unspecified atom stereocenters. The van der Waals surface area contributed by atoms with Gasteiger partial charge in [-0.1, -0.05) is 11.3 Å². The molecule has 0 saturated carbocycles. The SMILES string of the molecule is CC(C)(C)N(CCC(=O)O)C(=O)c1ccc([N+](=O)[O-])s1. The molecule has 0 aliphatic heterocycles. The third-order valence-corrected chi connectivity index (χ3v) is 3.61. The van der Waals surface area contributed by atoms with Crippen molar-refractivity contribution in [3.63, 3.8) is 0 Å². The van der Waals surface area contributed by atoms with Gasteiger partial charge in [0, 0.05) is 18.2 Å². The highest BCUT2D eigenvalue weighted by molar-refractivity contribution is 7.17. The van der Waals surface area contributed by atoms with E-state index in [0.29, 0.717) is 0 Å². The van der Waals surface area contributed by atoms with Gasteiger partial charge >= 0.3 is 11.0 Å². The molecular formula is C12H16N2O5S. The Morgan fingerprint density at radius 3 is 2.40 bits per heavy atom. The summed E-state index contributed by atoms with van der Waals surface area (Å²) in [6.07, 6.45) is -0.170. The van der Waals surface area contributed by atoms with Crippen LogP contribution in [0.25, 0.3) is 0 Å². The van der Waals surface area contributed by atoms with Crippen LogP contribution in [0.3, 0.4) is 0 Å². The van der Waals surface area contributed by atoms with Crippen molar-refractivity contribution in [2.24, 2.45) is 0 Å². The maximum absolute atomic E-state index is 12.4. The van der Waals surface area contributed by atoms with Crippen LogP contribution in [0, 0.1) is 10.1 Å². The van der Waals surface area contributed by atoms with Gasteiger partial charge in [-0.3, -0.25) is 19.7 Å². The van der Waals surface area contributed by atoms with E-state index in [2.05, 4.69) is 0 Å². The molecule has 1 N–H and O–H groups in total. The third-order valence-electron chi connectivity index (χ3n) is 2.59. The van der Waals surface area contributed by atoms with Crippen LogP contribution in [0.5, 0.6) is 0 Å². The summed E-state index contributed by atoms with van der Waals surface area (Å²) in [7, 11) is 0. The van der Waals surface area contributed by atoms with E-state index in [9.17, 15) is 19.7 Å². The van der Waals surface area contributed by atoms with Crippen molar-refractivity contribution < 1.29 is 19.6 Å². The molecule has 0 bridgehead atoms. The van der Waals surface area contributed by atoms with Crippen molar-refractivity contribution in [1.82, 2.24) is 4.90 Å². The first-order chi connectivity index (χ1) is 9.12. The number of nitro groups is 1. The zero-order chi connectivity index (χ0) is 15.5. The minimum absolute atomic E-state index is 0.0589. The van der Waals surface area contributed by atoms with Gasteiger partial charge in [0.05, 0.1) is 16.2 Å². The van der Waals surface area contributed by atoms with E-state index >= 15 is 0 Å². The molecular weight excluding hydrogens is 284 g/mol. The number of amides is 1. The minimum Gasteiger partial charge on any atom is -0.481 e. The van der Waals surface area contributed by atoms with Gasteiger partial charge in [0.2, 0.25) is 0 Å². The zero-order valence-electron chi connectivity index (χ0n) is 11.5. The standard InChI is InChI=1S/C12H16N2O5S/c1-12(2,3)13(7-6-10(15)16)11(17)8-4-5-9(20-8)14(18)19/h4-5H,6-7H2,1-3H3,(H,15,16). The number of nitrogens with zero attached hydrogens (tertiary/aromatic N) is 2. The second-order valence-corrected chi connectivity index (χ2v) is 6.23. The molecule has 1 aromatic heterocycles. The van der Waals surface area contributed by atoms with Gasteiger partial charge in [-0.05, 0) is 26.8 Å². The molecule has 110 valence electrons. The lowest BCUT2D eigenvalue weighted by atomic mass is 10.1. The molecule has 1 aromatic rings. The molecule has 7 nitrogen and oxygen atoms in total. The van der Waals surface area contributed by atoms with Crippen molar-refractivity contribution in [3.8, 4) is 0 Å². The number of carboxylic acid groups (broad SMARTS) is 1. The average Bonchev–Trinajstić information content (AvgIpc) is 2.75. The van der Waals surface area contributed by atoms with E-state index in [4.69, 9.17) is 5.11 Å². The first-order valence-electron chi connectivity index (χ1n) is 5.91. The van der Waals surface area contributed by atoms with Crippen LogP contribution in [0.15, 0.2) is 12.1 Å². The Morgan fingerprint density at radius 1 is 1.40 bits per heavy atom. The van der Waals surface area contributed by atoms with E-state index in [1.807, 2.05) is 0 Å². The third kappa shape index (κ3) is 4.02. The number of aliphatic carboxylic acids is 1. The van der Waals surface area contributed by atoms with Crippen molar-refractivity contribution in [3.05, 3.63) is 27.1 Å². The quantitative estimate of drug-likeness (QED) is 0.664. The summed E-state index contributed by atoms with van der Waals surface area (Å²) in [6, 6.07) is 2.67. The molecule has 0 radical (unpaired) electrons. The Balaban J connectivity index is 2.97. The Hall–Kier alpha value is -1.96. The first kappa shape index (κ1) is 16.1. The highest BCUT2D eigenvalue weighted by Crippen LogP contribution is 2.27. The molecule has 0 aliphatic carbocycles. The molecule has 0 saturated heterocycles. The Kier molecular flexibility index (Phi) is 4.83. The number of hydrogen-bond donors (Lipinski definition) is 1. The van der Waals surface area contributed by atoms with Crippen molar-refractivity contribution in [1.29, 1.82) is 0 Å². The maximum Gasteiger partial charge on any atom is 0.324 e. The molecule has 1 rings (SSSR count). The van der Waals surface area contributed by atoms with Gasteiger partial charge in [0.15, 0.2) is 0 Å². The highest BCUT2D eigenvalue weighted by atomic mass is 32.1. The first-order valence-corrected chi connectivity index (χ1v) is 6.72. The lowest BCUT2D eigenvalue weighted by Crippen LogP contribution is -2.46. The fourth-order valence-corrected chi connectivity index (χ4v) is 2.39. The largest absolute Gasteiger partial charge is 0.481 e. The van der Waals surface area contributed by atoms with Crippen molar-refractivity contribution in [2.75, 3.05) is 6.54 Å². The van der Waals surface area contributed by atoms with Crippen LogP contribution in [0.2, 0.25) is 0 Å². The lowest BCUT2D eigenvalue weighted by molar-refractivity contribution is -0.380. The van der Waals surface area contributed by atoms with Crippen LogP contribution in [-0.2, 0) is 4.79 Å². The number of hydrogen-bond acceptors (Lipinski definition) is 5. The zero-order valence-corrected chi connectivity index (χ0v) is 12.3. The van der Waals surface area contributed by atoms with Gasteiger partial charge < -0.3 is 10.0 Å². The normalized spacial score (nSPS) is 11.2.